The number of carbonyl (C=O) groups is 1. The molecule has 3 saturated heterocycles. The number of pyridine rings is 1. The van der Waals surface area contributed by atoms with Crippen molar-refractivity contribution in [2.75, 3.05) is 38.1 Å². The van der Waals surface area contributed by atoms with Crippen LogP contribution in [0.2, 0.25) is 5.02 Å². The minimum Gasteiger partial charge on any atom is -0.461 e. The quantitative estimate of drug-likeness (QED) is 0.235. The number of carbonyl (C=O) groups excluding carboxylic acids is 1. The second-order valence-corrected chi connectivity index (χ2v) is 13.1. The van der Waals surface area contributed by atoms with E-state index in [4.69, 9.17) is 21.3 Å². The molecule has 11 heteroatoms. The molecular weight excluding hydrogens is 598 g/mol. The monoisotopic (exact) mass is 632 g/mol. The molecule has 8 nitrogen and oxygen atoms in total. The average molecular weight is 633 g/mol. The van der Waals surface area contributed by atoms with Crippen molar-refractivity contribution in [3.63, 3.8) is 0 Å². The van der Waals surface area contributed by atoms with Crippen LogP contribution in [0.3, 0.4) is 0 Å². The van der Waals surface area contributed by atoms with Crippen LogP contribution in [0.25, 0.3) is 32.9 Å². The van der Waals surface area contributed by atoms with Gasteiger partial charge in [0.15, 0.2) is 5.82 Å². The Kier molecular flexibility index (Phi) is 7.81. The minimum absolute atomic E-state index is 0.00316. The highest BCUT2D eigenvalue weighted by Gasteiger charge is 2.49. The number of nitrogens with one attached hydrogen (secondary N) is 1. The molecule has 1 amide bonds. The van der Waals surface area contributed by atoms with Crippen LogP contribution < -0.4 is 10.1 Å². The highest BCUT2D eigenvalue weighted by Crippen LogP contribution is 2.41. The van der Waals surface area contributed by atoms with Gasteiger partial charge in [-0.25, -0.2) is 8.78 Å². The SMILES string of the molecule is C=CC(=O)N1C[C@H](C)C[C@H](Nc2nc(OC[C@@]34CCCN3C[C@H](F)C4)nc3c(F)c(-c4cccc5cccc(Cl)c45)ncc23)C1. The standard InChI is InChI=1S/C34H35ClF2N6O2/c1-3-27(44)42-16-20(2)13-23(18-42)39-32-25-15-38-30(24-9-4-7-21-8-5-10-26(35)28(21)24)29(37)31(25)40-33(41-32)45-19-34-11-6-12-43(34)17-22(36)14-34/h3-5,7-10,15,20,22-23H,1,6,11-14,16-19H2,2H3,(H,39,40,41)/t20-,22-,23+,34+/m1/s1. The fraction of sp³-hybridized carbons (Fsp3) is 0.412. The molecule has 3 fully saturated rings. The van der Waals surface area contributed by atoms with Gasteiger partial charge in [0.25, 0.3) is 0 Å². The maximum Gasteiger partial charge on any atom is 0.319 e. The van der Waals surface area contributed by atoms with Gasteiger partial charge in [-0.15, -0.1) is 0 Å². The van der Waals surface area contributed by atoms with Crippen LogP contribution in [0.1, 0.15) is 32.6 Å². The van der Waals surface area contributed by atoms with Gasteiger partial charge in [-0.2, -0.15) is 9.97 Å². The molecule has 234 valence electrons. The van der Waals surface area contributed by atoms with Crippen molar-refractivity contribution < 1.29 is 18.3 Å². The number of benzene rings is 2. The van der Waals surface area contributed by atoms with Crippen LogP contribution in [0, 0.1) is 11.7 Å². The van der Waals surface area contributed by atoms with Gasteiger partial charge < -0.3 is 15.0 Å². The lowest BCUT2D eigenvalue weighted by molar-refractivity contribution is -0.127. The van der Waals surface area contributed by atoms with Crippen LogP contribution in [0.4, 0.5) is 14.6 Å². The van der Waals surface area contributed by atoms with E-state index in [0.29, 0.717) is 53.2 Å². The van der Waals surface area contributed by atoms with E-state index in [2.05, 4.69) is 33.7 Å². The molecule has 0 aliphatic carbocycles. The molecule has 4 aromatic rings. The van der Waals surface area contributed by atoms with Gasteiger partial charge in [0.1, 0.15) is 29.8 Å². The molecule has 2 aromatic carbocycles. The largest absolute Gasteiger partial charge is 0.461 e. The van der Waals surface area contributed by atoms with Crippen LogP contribution >= 0.6 is 11.6 Å². The van der Waals surface area contributed by atoms with E-state index in [9.17, 15) is 9.18 Å². The summed E-state index contributed by atoms with van der Waals surface area (Å²) in [5.41, 5.74) is 0.294. The fourth-order valence-corrected chi connectivity index (χ4v) is 7.78. The van der Waals surface area contributed by atoms with Crippen molar-refractivity contribution in [3.8, 4) is 17.3 Å². The van der Waals surface area contributed by atoms with Crippen LogP contribution in [0.5, 0.6) is 6.01 Å². The molecule has 4 atom stereocenters. The summed E-state index contributed by atoms with van der Waals surface area (Å²) in [7, 11) is 0. The van der Waals surface area contributed by atoms with Crippen molar-refractivity contribution in [2.45, 2.75) is 50.4 Å². The summed E-state index contributed by atoms with van der Waals surface area (Å²) in [5, 5.41) is 5.89. The predicted molar refractivity (Wildman–Crippen MR) is 172 cm³/mol. The van der Waals surface area contributed by atoms with Crippen molar-refractivity contribution in [1.29, 1.82) is 0 Å². The first kappa shape index (κ1) is 29.8. The molecule has 0 bridgehead atoms. The Morgan fingerprint density at radius 1 is 1.22 bits per heavy atom. The summed E-state index contributed by atoms with van der Waals surface area (Å²) in [5.74, 6) is -0.172. The van der Waals surface area contributed by atoms with E-state index in [1.807, 2.05) is 24.3 Å². The van der Waals surface area contributed by atoms with Crippen LogP contribution in [-0.2, 0) is 4.79 Å². The van der Waals surface area contributed by atoms with Crippen LogP contribution in [-0.4, -0.2) is 81.2 Å². The maximum atomic E-state index is 16.6. The fourth-order valence-electron chi connectivity index (χ4n) is 7.50. The highest BCUT2D eigenvalue weighted by atomic mass is 35.5. The first-order valence-corrected chi connectivity index (χ1v) is 15.9. The normalized spacial score (nSPS) is 25.1. The first-order valence-electron chi connectivity index (χ1n) is 15.5. The Morgan fingerprint density at radius 2 is 2.04 bits per heavy atom. The van der Waals surface area contributed by atoms with Crippen LogP contribution in [0.15, 0.2) is 55.3 Å². The summed E-state index contributed by atoms with van der Waals surface area (Å²) in [6.07, 6.45) is 4.94. The lowest BCUT2D eigenvalue weighted by Crippen LogP contribution is -2.47. The summed E-state index contributed by atoms with van der Waals surface area (Å²) in [6, 6.07) is 10.9. The summed E-state index contributed by atoms with van der Waals surface area (Å²) in [6.45, 7) is 8.21. The van der Waals surface area contributed by atoms with E-state index < -0.39 is 17.5 Å². The number of aromatic nitrogens is 3. The van der Waals surface area contributed by atoms with E-state index in [-0.39, 0.29) is 41.7 Å². The van der Waals surface area contributed by atoms with Gasteiger partial charge in [0.2, 0.25) is 5.91 Å². The zero-order valence-electron chi connectivity index (χ0n) is 25.1. The number of likely N-dealkylation sites (tertiary alicyclic amines) is 1. The highest BCUT2D eigenvalue weighted by molar-refractivity contribution is 6.36. The minimum atomic E-state index is -0.906. The van der Waals surface area contributed by atoms with Gasteiger partial charge in [0, 0.05) is 54.3 Å². The summed E-state index contributed by atoms with van der Waals surface area (Å²) < 4.78 is 37.3. The number of rotatable bonds is 7. The van der Waals surface area contributed by atoms with E-state index >= 15 is 4.39 Å². The molecule has 5 heterocycles. The molecule has 3 aliphatic rings. The molecule has 0 spiro atoms. The Morgan fingerprint density at radius 3 is 2.87 bits per heavy atom. The van der Waals surface area contributed by atoms with Crippen molar-refractivity contribution in [3.05, 3.63) is 66.1 Å². The molecule has 7 rings (SSSR count). The van der Waals surface area contributed by atoms with Gasteiger partial charge in [0.05, 0.1) is 10.9 Å². The number of alkyl halides is 1. The lowest BCUT2D eigenvalue weighted by atomic mass is 9.95. The number of halogens is 3. The maximum absolute atomic E-state index is 16.6. The first-order chi connectivity index (χ1) is 21.7. The Balaban J connectivity index is 1.30. The molecule has 0 unspecified atom stereocenters. The third-order valence-corrected chi connectivity index (χ3v) is 9.81. The topological polar surface area (TPSA) is 83.5 Å². The second-order valence-electron chi connectivity index (χ2n) is 12.7. The Hall–Kier alpha value is -3.89. The Bertz CT molecular complexity index is 1800. The Labute approximate surface area is 265 Å². The van der Waals surface area contributed by atoms with Crippen molar-refractivity contribution in [2.24, 2.45) is 5.92 Å². The van der Waals surface area contributed by atoms with E-state index in [1.54, 1.807) is 23.2 Å². The average Bonchev–Trinajstić information content (AvgIpc) is 3.55. The number of hydrogen-bond acceptors (Lipinski definition) is 7. The number of nitrogens with zero attached hydrogens (tertiary/aromatic N) is 5. The molecule has 2 aromatic heterocycles. The molecular formula is C34H35ClF2N6O2. The summed E-state index contributed by atoms with van der Waals surface area (Å²) >= 11 is 6.58. The van der Waals surface area contributed by atoms with Gasteiger partial charge in [-0.05, 0) is 49.3 Å². The van der Waals surface area contributed by atoms with E-state index in [0.717, 1.165) is 31.2 Å². The number of ether oxygens (including phenoxy) is 1. The smallest absolute Gasteiger partial charge is 0.319 e. The number of amides is 1. The van der Waals surface area contributed by atoms with E-state index in [1.165, 1.54) is 6.08 Å². The zero-order chi connectivity index (χ0) is 31.3. The molecule has 0 radical (unpaired) electrons. The molecule has 0 saturated carbocycles. The number of hydrogen-bond donors (Lipinski definition) is 1. The molecule has 45 heavy (non-hydrogen) atoms. The predicted octanol–water partition coefficient (Wildman–Crippen LogP) is 6.43. The lowest BCUT2D eigenvalue weighted by Gasteiger charge is -2.36. The number of piperidine rings is 1. The molecule has 1 N–H and O–H groups in total. The number of fused-ring (bicyclic) bond motifs is 3. The van der Waals surface area contributed by atoms with Gasteiger partial charge >= 0.3 is 6.01 Å². The summed E-state index contributed by atoms with van der Waals surface area (Å²) in [4.78, 5) is 30.2. The number of anilines is 1. The third-order valence-electron chi connectivity index (χ3n) is 9.49. The van der Waals surface area contributed by atoms with Crippen molar-refractivity contribution in [1.82, 2.24) is 24.8 Å². The molecule has 3 aliphatic heterocycles. The van der Waals surface area contributed by atoms with Gasteiger partial charge in [-0.3, -0.25) is 14.7 Å². The third kappa shape index (κ3) is 5.48. The van der Waals surface area contributed by atoms with Gasteiger partial charge in [-0.1, -0.05) is 55.4 Å². The second kappa shape index (κ2) is 11.8. The zero-order valence-corrected chi connectivity index (χ0v) is 25.9. The van der Waals surface area contributed by atoms with Crippen molar-refractivity contribution >= 4 is 45.0 Å².